The normalized spacial score (nSPS) is 17.3. The van der Waals surface area contributed by atoms with Crippen LogP contribution in [-0.2, 0) is 11.8 Å². The van der Waals surface area contributed by atoms with Gasteiger partial charge in [-0.2, -0.15) is 5.10 Å². The van der Waals surface area contributed by atoms with Gasteiger partial charge in [0.15, 0.2) is 0 Å². The number of nitrogens with one attached hydrogen (secondary N) is 1. The Morgan fingerprint density at radius 2 is 2.18 bits per heavy atom. The van der Waals surface area contributed by atoms with Crippen LogP contribution in [0.2, 0.25) is 0 Å². The molecule has 0 unspecified atom stereocenters. The number of hydrogen-bond donors (Lipinski definition) is 2. The number of carbonyl (C=O) groups excluding carboxylic acids is 1. The zero-order valence-corrected chi connectivity index (χ0v) is 9.86. The second-order valence-electron chi connectivity index (χ2n) is 4.49. The minimum absolute atomic E-state index is 0.262. The molecule has 1 aliphatic carbocycles. The summed E-state index contributed by atoms with van der Waals surface area (Å²) in [6, 6.07) is 1.64. The van der Waals surface area contributed by atoms with Gasteiger partial charge in [0.05, 0.1) is 0 Å². The Kier molecular flexibility index (Phi) is 2.65. The third-order valence-electron chi connectivity index (χ3n) is 3.32. The van der Waals surface area contributed by atoms with Gasteiger partial charge in [-0.25, -0.2) is 4.79 Å². The van der Waals surface area contributed by atoms with Crippen molar-refractivity contribution < 1.29 is 14.7 Å². The fraction of sp³-hybridized carbons (Fsp3) is 0.545. The van der Waals surface area contributed by atoms with E-state index in [0.717, 1.165) is 12.1 Å². The Bertz CT molecular complexity index is 455. The molecule has 1 aromatic rings. The van der Waals surface area contributed by atoms with Crippen LogP contribution in [0, 0.1) is 6.92 Å². The lowest BCUT2D eigenvalue weighted by Crippen LogP contribution is -2.59. The van der Waals surface area contributed by atoms with E-state index < -0.39 is 17.4 Å². The summed E-state index contributed by atoms with van der Waals surface area (Å²) in [5, 5.41) is 15.7. The van der Waals surface area contributed by atoms with Crippen molar-refractivity contribution in [3.8, 4) is 0 Å². The van der Waals surface area contributed by atoms with Crippen LogP contribution in [0.3, 0.4) is 0 Å². The molecule has 6 nitrogen and oxygen atoms in total. The number of nitrogens with zero attached hydrogens (tertiary/aromatic N) is 2. The van der Waals surface area contributed by atoms with E-state index in [1.165, 1.54) is 0 Å². The predicted octanol–water partition coefficient (Wildman–Crippen LogP) is 0.466. The molecule has 0 bridgehead atoms. The van der Waals surface area contributed by atoms with Gasteiger partial charge in [-0.15, -0.1) is 0 Å². The summed E-state index contributed by atoms with van der Waals surface area (Å²) < 4.78 is 1.59. The largest absolute Gasteiger partial charge is 0.480 e. The van der Waals surface area contributed by atoms with Gasteiger partial charge in [0.25, 0.3) is 5.91 Å². The monoisotopic (exact) mass is 237 g/mol. The Labute approximate surface area is 98.6 Å². The van der Waals surface area contributed by atoms with E-state index in [2.05, 4.69) is 10.4 Å². The first-order valence-corrected chi connectivity index (χ1v) is 5.51. The summed E-state index contributed by atoms with van der Waals surface area (Å²) >= 11 is 0. The van der Waals surface area contributed by atoms with Gasteiger partial charge in [0.1, 0.15) is 11.2 Å². The Morgan fingerprint density at radius 1 is 1.53 bits per heavy atom. The summed E-state index contributed by atoms with van der Waals surface area (Å²) in [5.74, 6) is -1.39. The molecular formula is C11H15N3O3. The van der Waals surface area contributed by atoms with Crippen LogP contribution >= 0.6 is 0 Å². The molecule has 1 heterocycles. The zero-order valence-electron chi connectivity index (χ0n) is 9.86. The van der Waals surface area contributed by atoms with E-state index in [1.807, 2.05) is 6.92 Å². The van der Waals surface area contributed by atoms with E-state index >= 15 is 0 Å². The SMILES string of the molecule is Cc1cc(C(=O)NC2(C(=O)O)CCC2)nn1C. The molecule has 0 atom stereocenters. The van der Waals surface area contributed by atoms with E-state index in [1.54, 1.807) is 17.8 Å². The molecule has 6 heteroatoms. The van der Waals surface area contributed by atoms with Crippen molar-refractivity contribution in [2.45, 2.75) is 31.7 Å². The summed E-state index contributed by atoms with van der Waals surface area (Å²) in [6.07, 6.45) is 1.80. The van der Waals surface area contributed by atoms with Gasteiger partial charge in [-0.05, 0) is 32.3 Å². The second-order valence-corrected chi connectivity index (χ2v) is 4.49. The number of aromatic nitrogens is 2. The molecule has 0 saturated heterocycles. The van der Waals surface area contributed by atoms with Gasteiger partial charge < -0.3 is 10.4 Å². The van der Waals surface area contributed by atoms with Crippen LogP contribution in [0.15, 0.2) is 6.07 Å². The first-order chi connectivity index (χ1) is 7.94. The number of rotatable bonds is 3. The molecule has 2 rings (SSSR count). The summed E-state index contributed by atoms with van der Waals surface area (Å²) in [4.78, 5) is 23.0. The lowest BCUT2D eigenvalue weighted by Gasteiger charge is -2.37. The fourth-order valence-corrected chi connectivity index (χ4v) is 1.88. The summed E-state index contributed by atoms with van der Waals surface area (Å²) in [5.41, 5.74) is 0.0355. The molecule has 0 aliphatic heterocycles. The van der Waals surface area contributed by atoms with Crippen LogP contribution in [0.1, 0.15) is 35.4 Å². The smallest absolute Gasteiger partial charge is 0.329 e. The molecule has 1 aromatic heterocycles. The maximum atomic E-state index is 11.9. The van der Waals surface area contributed by atoms with Gasteiger partial charge in [0.2, 0.25) is 0 Å². The van der Waals surface area contributed by atoms with E-state index in [9.17, 15) is 9.59 Å². The average molecular weight is 237 g/mol. The number of carbonyl (C=O) groups is 2. The lowest BCUT2D eigenvalue weighted by atomic mass is 9.76. The molecule has 1 fully saturated rings. The molecule has 0 aromatic carbocycles. The zero-order chi connectivity index (χ0) is 12.6. The maximum Gasteiger partial charge on any atom is 0.329 e. The Hall–Kier alpha value is -1.85. The topological polar surface area (TPSA) is 84.2 Å². The first kappa shape index (κ1) is 11.6. The Balaban J connectivity index is 2.14. The standard InChI is InChI=1S/C11H15N3O3/c1-7-6-8(13-14(7)2)9(15)12-11(10(16)17)4-3-5-11/h6H,3-5H2,1-2H3,(H,12,15)(H,16,17). The molecule has 17 heavy (non-hydrogen) atoms. The van der Waals surface area contributed by atoms with Crippen molar-refractivity contribution in [3.05, 3.63) is 17.5 Å². The summed E-state index contributed by atoms with van der Waals surface area (Å²) in [6.45, 7) is 1.83. The van der Waals surface area contributed by atoms with Crippen molar-refractivity contribution >= 4 is 11.9 Å². The van der Waals surface area contributed by atoms with Crippen molar-refractivity contribution in [1.29, 1.82) is 0 Å². The number of hydrogen-bond acceptors (Lipinski definition) is 3. The fourth-order valence-electron chi connectivity index (χ4n) is 1.88. The minimum atomic E-state index is -1.08. The third-order valence-corrected chi connectivity index (χ3v) is 3.32. The highest BCUT2D eigenvalue weighted by Gasteiger charge is 2.46. The molecule has 1 saturated carbocycles. The van der Waals surface area contributed by atoms with Gasteiger partial charge >= 0.3 is 5.97 Å². The van der Waals surface area contributed by atoms with Crippen LogP contribution < -0.4 is 5.32 Å². The first-order valence-electron chi connectivity index (χ1n) is 5.51. The highest BCUT2D eigenvalue weighted by Crippen LogP contribution is 2.32. The third kappa shape index (κ3) is 1.90. The highest BCUT2D eigenvalue weighted by molar-refractivity contribution is 5.96. The molecular weight excluding hydrogens is 222 g/mol. The van der Waals surface area contributed by atoms with E-state index in [-0.39, 0.29) is 5.69 Å². The molecule has 92 valence electrons. The minimum Gasteiger partial charge on any atom is -0.480 e. The summed E-state index contributed by atoms with van der Waals surface area (Å²) in [7, 11) is 1.74. The number of amides is 1. The number of aryl methyl sites for hydroxylation is 2. The van der Waals surface area contributed by atoms with E-state index in [0.29, 0.717) is 12.8 Å². The molecule has 1 amide bonds. The molecule has 0 radical (unpaired) electrons. The molecule has 0 spiro atoms. The lowest BCUT2D eigenvalue weighted by molar-refractivity contribution is -0.148. The van der Waals surface area contributed by atoms with Crippen LogP contribution in [0.4, 0.5) is 0 Å². The van der Waals surface area contributed by atoms with Crippen LogP contribution in [0.25, 0.3) is 0 Å². The highest BCUT2D eigenvalue weighted by atomic mass is 16.4. The predicted molar refractivity (Wildman–Crippen MR) is 59.6 cm³/mol. The van der Waals surface area contributed by atoms with Crippen LogP contribution in [0.5, 0.6) is 0 Å². The van der Waals surface area contributed by atoms with Crippen molar-refractivity contribution in [1.82, 2.24) is 15.1 Å². The maximum absolute atomic E-state index is 11.9. The van der Waals surface area contributed by atoms with Crippen molar-refractivity contribution in [2.24, 2.45) is 7.05 Å². The number of carboxylic acids is 1. The average Bonchev–Trinajstić information content (AvgIpc) is 2.52. The second kappa shape index (κ2) is 3.87. The Morgan fingerprint density at radius 3 is 2.53 bits per heavy atom. The number of aliphatic carboxylic acids is 1. The molecule has 1 aliphatic rings. The van der Waals surface area contributed by atoms with Crippen LogP contribution in [-0.4, -0.2) is 32.3 Å². The van der Waals surface area contributed by atoms with Gasteiger partial charge in [0, 0.05) is 12.7 Å². The van der Waals surface area contributed by atoms with Gasteiger partial charge in [-0.3, -0.25) is 9.48 Å². The van der Waals surface area contributed by atoms with Crippen molar-refractivity contribution in [3.63, 3.8) is 0 Å². The van der Waals surface area contributed by atoms with Crippen molar-refractivity contribution in [2.75, 3.05) is 0 Å². The molecule has 2 N–H and O–H groups in total. The van der Waals surface area contributed by atoms with Gasteiger partial charge in [-0.1, -0.05) is 0 Å². The number of carboxylic acid groups (broad SMARTS) is 1. The van der Waals surface area contributed by atoms with E-state index in [4.69, 9.17) is 5.11 Å². The quantitative estimate of drug-likeness (QED) is 0.800.